The third-order valence-corrected chi connectivity index (χ3v) is 3.95. The van der Waals surface area contributed by atoms with Crippen molar-refractivity contribution in [2.24, 2.45) is 0 Å². The van der Waals surface area contributed by atoms with Crippen molar-refractivity contribution >= 4 is 11.8 Å². The van der Waals surface area contributed by atoms with Crippen LogP contribution in [0, 0.1) is 6.92 Å². The van der Waals surface area contributed by atoms with Gasteiger partial charge in [0.1, 0.15) is 12.4 Å². The minimum atomic E-state index is -0.181. The summed E-state index contributed by atoms with van der Waals surface area (Å²) < 4.78 is 5.82. The molecule has 0 saturated carbocycles. The lowest BCUT2D eigenvalue weighted by atomic mass is 10.1. The van der Waals surface area contributed by atoms with Crippen molar-refractivity contribution in [1.29, 1.82) is 0 Å². The number of benzene rings is 2. The number of aryl methyl sites for hydroxylation is 1. The Morgan fingerprint density at radius 3 is 2.54 bits per heavy atom. The van der Waals surface area contributed by atoms with Crippen LogP contribution >= 0.6 is 0 Å². The SMILES string of the molecule is CCNC(=O)CN(CC)C(=O)c1cccc(OCc2cccc(C)c2)c1. The lowest BCUT2D eigenvalue weighted by Gasteiger charge is -2.20. The van der Waals surface area contributed by atoms with Crippen molar-refractivity contribution < 1.29 is 14.3 Å². The molecule has 0 radical (unpaired) electrons. The Hall–Kier alpha value is -2.82. The molecule has 5 heteroatoms. The average Bonchev–Trinajstić information content (AvgIpc) is 2.64. The van der Waals surface area contributed by atoms with Crippen molar-refractivity contribution in [1.82, 2.24) is 10.2 Å². The Balaban J connectivity index is 2.04. The van der Waals surface area contributed by atoms with Crippen LogP contribution in [0.15, 0.2) is 48.5 Å². The van der Waals surface area contributed by atoms with Gasteiger partial charge in [0, 0.05) is 18.7 Å². The minimum Gasteiger partial charge on any atom is -0.489 e. The average molecular weight is 354 g/mol. The maximum Gasteiger partial charge on any atom is 0.254 e. The lowest BCUT2D eigenvalue weighted by Crippen LogP contribution is -2.40. The maximum atomic E-state index is 12.7. The molecule has 0 saturated heterocycles. The number of hydrogen-bond donors (Lipinski definition) is 1. The summed E-state index contributed by atoms with van der Waals surface area (Å²) in [7, 11) is 0. The van der Waals surface area contributed by atoms with Crippen molar-refractivity contribution in [3.63, 3.8) is 0 Å². The second-order valence-electron chi connectivity index (χ2n) is 6.08. The second kappa shape index (κ2) is 9.61. The second-order valence-corrected chi connectivity index (χ2v) is 6.08. The fourth-order valence-corrected chi connectivity index (χ4v) is 2.62. The number of amides is 2. The molecular formula is C21H26N2O3. The molecule has 0 heterocycles. The first-order valence-corrected chi connectivity index (χ1v) is 8.87. The van der Waals surface area contributed by atoms with Crippen LogP contribution in [-0.2, 0) is 11.4 Å². The quantitative estimate of drug-likeness (QED) is 0.792. The summed E-state index contributed by atoms with van der Waals surface area (Å²) in [6, 6.07) is 15.2. The van der Waals surface area contributed by atoms with Crippen LogP contribution in [0.4, 0.5) is 0 Å². The Kier molecular flexibility index (Phi) is 7.21. The van der Waals surface area contributed by atoms with Crippen LogP contribution in [0.1, 0.15) is 35.3 Å². The van der Waals surface area contributed by atoms with Crippen molar-refractivity contribution in [2.45, 2.75) is 27.4 Å². The van der Waals surface area contributed by atoms with Crippen LogP contribution in [0.3, 0.4) is 0 Å². The molecule has 0 atom stereocenters. The van der Waals surface area contributed by atoms with Crippen molar-refractivity contribution in [3.8, 4) is 5.75 Å². The highest BCUT2D eigenvalue weighted by atomic mass is 16.5. The van der Waals surface area contributed by atoms with E-state index in [1.165, 1.54) is 10.5 Å². The molecule has 0 fully saturated rings. The van der Waals surface area contributed by atoms with Gasteiger partial charge in [0.25, 0.3) is 5.91 Å². The molecule has 0 aliphatic rings. The topological polar surface area (TPSA) is 58.6 Å². The van der Waals surface area contributed by atoms with E-state index in [0.29, 0.717) is 31.0 Å². The van der Waals surface area contributed by atoms with Crippen LogP contribution < -0.4 is 10.1 Å². The maximum absolute atomic E-state index is 12.7. The standard InChI is InChI=1S/C21H26N2O3/c1-4-22-20(24)14-23(5-2)21(25)18-10-7-11-19(13-18)26-15-17-9-6-8-16(3)12-17/h6-13H,4-5,14-15H2,1-3H3,(H,22,24). The summed E-state index contributed by atoms with van der Waals surface area (Å²) in [5.41, 5.74) is 2.77. The summed E-state index contributed by atoms with van der Waals surface area (Å²) in [6.45, 7) is 7.25. The highest BCUT2D eigenvalue weighted by Gasteiger charge is 2.17. The van der Waals surface area contributed by atoms with E-state index >= 15 is 0 Å². The normalized spacial score (nSPS) is 10.3. The monoisotopic (exact) mass is 354 g/mol. The molecule has 0 aliphatic carbocycles. The number of likely N-dealkylation sites (N-methyl/N-ethyl adjacent to an activating group) is 2. The molecule has 2 amide bonds. The number of nitrogens with one attached hydrogen (secondary N) is 1. The summed E-state index contributed by atoms with van der Waals surface area (Å²) >= 11 is 0. The van der Waals surface area contributed by atoms with Gasteiger partial charge in [-0.2, -0.15) is 0 Å². The summed E-state index contributed by atoms with van der Waals surface area (Å²) in [5, 5.41) is 2.71. The summed E-state index contributed by atoms with van der Waals surface area (Å²) in [4.78, 5) is 26.0. The Morgan fingerprint density at radius 1 is 1.08 bits per heavy atom. The van der Waals surface area contributed by atoms with Gasteiger partial charge in [0.2, 0.25) is 5.91 Å². The van der Waals surface area contributed by atoms with Crippen molar-refractivity contribution in [3.05, 3.63) is 65.2 Å². The van der Waals surface area contributed by atoms with Gasteiger partial charge in [-0.05, 0) is 44.5 Å². The van der Waals surface area contributed by atoms with E-state index in [4.69, 9.17) is 4.74 Å². The first kappa shape index (κ1) is 19.5. The number of carbonyl (C=O) groups excluding carboxylic acids is 2. The van der Waals surface area contributed by atoms with Gasteiger partial charge < -0.3 is 15.0 Å². The molecule has 0 spiro atoms. The Bertz CT molecular complexity index is 758. The lowest BCUT2D eigenvalue weighted by molar-refractivity contribution is -0.121. The third kappa shape index (κ3) is 5.62. The van der Waals surface area contributed by atoms with Gasteiger partial charge in [-0.25, -0.2) is 0 Å². The number of nitrogens with zero attached hydrogens (tertiary/aromatic N) is 1. The van der Waals surface area contributed by atoms with Crippen LogP contribution in [0.2, 0.25) is 0 Å². The molecule has 0 bridgehead atoms. The van der Waals surface area contributed by atoms with Gasteiger partial charge in [-0.1, -0.05) is 35.9 Å². The zero-order valence-corrected chi connectivity index (χ0v) is 15.6. The predicted octanol–water partition coefficient (Wildman–Crippen LogP) is 3.17. The van der Waals surface area contributed by atoms with Gasteiger partial charge in [-0.15, -0.1) is 0 Å². The minimum absolute atomic E-state index is 0.0531. The zero-order chi connectivity index (χ0) is 18.9. The number of rotatable bonds is 8. The van der Waals surface area contributed by atoms with E-state index in [1.54, 1.807) is 18.2 Å². The molecular weight excluding hydrogens is 328 g/mol. The fraction of sp³-hybridized carbons (Fsp3) is 0.333. The Labute approximate surface area is 155 Å². The van der Waals surface area contributed by atoms with Crippen LogP contribution in [0.5, 0.6) is 5.75 Å². The van der Waals surface area contributed by atoms with E-state index in [2.05, 4.69) is 11.4 Å². The van der Waals surface area contributed by atoms with E-state index in [0.717, 1.165) is 5.56 Å². The molecule has 26 heavy (non-hydrogen) atoms. The zero-order valence-electron chi connectivity index (χ0n) is 15.6. The summed E-state index contributed by atoms with van der Waals surface area (Å²) in [6.07, 6.45) is 0. The van der Waals surface area contributed by atoms with Gasteiger partial charge in [0.15, 0.2) is 0 Å². The molecule has 2 aromatic rings. The highest BCUT2D eigenvalue weighted by molar-refractivity contribution is 5.96. The molecule has 1 N–H and O–H groups in total. The van der Waals surface area contributed by atoms with E-state index in [9.17, 15) is 9.59 Å². The van der Waals surface area contributed by atoms with Gasteiger partial charge in [-0.3, -0.25) is 9.59 Å². The number of ether oxygens (including phenoxy) is 1. The highest BCUT2D eigenvalue weighted by Crippen LogP contribution is 2.17. The molecule has 2 rings (SSSR count). The molecule has 0 aliphatic heterocycles. The largest absolute Gasteiger partial charge is 0.489 e. The predicted molar refractivity (Wildman–Crippen MR) is 102 cm³/mol. The van der Waals surface area contributed by atoms with Crippen LogP contribution in [-0.4, -0.2) is 36.3 Å². The molecule has 0 aromatic heterocycles. The van der Waals surface area contributed by atoms with E-state index in [1.807, 2.05) is 45.0 Å². The molecule has 138 valence electrons. The van der Waals surface area contributed by atoms with E-state index < -0.39 is 0 Å². The molecule has 0 unspecified atom stereocenters. The summed E-state index contributed by atoms with van der Waals surface area (Å²) in [5.74, 6) is 0.292. The fourth-order valence-electron chi connectivity index (χ4n) is 2.62. The van der Waals surface area contributed by atoms with Gasteiger partial charge >= 0.3 is 0 Å². The third-order valence-electron chi connectivity index (χ3n) is 3.95. The smallest absolute Gasteiger partial charge is 0.254 e. The van der Waals surface area contributed by atoms with Crippen LogP contribution in [0.25, 0.3) is 0 Å². The number of carbonyl (C=O) groups is 2. The van der Waals surface area contributed by atoms with Gasteiger partial charge in [0.05, 0.1) is 6.54 Å². The first-order valence-electron chi connectivity index (χ1n) is 8.87. The van der Waals surface area contributed by atoms with E-state index in [-0.39, 0.29) is 18.4 Å². The Morgan fingerprint density at radius 2 is 1.85 bits per heavy atom. The molecule has 5 nitrogen and oxygen atoms in total. The first-order chi connectivity index (χ1) is 12.5. The van der Waals surface area contributed by atoms with Crippen molar-refractivity contribution in [2.75, 3.05) is 19.6 Å². The number of hydrogen-bond acceptors (Lipinski definition) is 3. The molecule has 2 aromatic carbocycles.